The van der Waals surface area contributed by atoms with Crippen molar-refractivity contribution in [2.45, 2.75) is 6.92 Å². The number of benzene rings is 1. The summed E-state index contributed by atoms with van der Waals surface area (Å²) in [6.45, 7) is 2.91. The van der Waals surface area contributed by atoms with Crippen molar-refractivity contribution in [1.29, 1.82) is 0 Å². The van der Waals surface area contributed by atoms with Gasteiger partial charge in [-0.05, 0) is 25.1 Å². The number of rotatable bonds is 2. The van der Waals surface area contributed by atoms with Crippen molar-refractivity contribution in [2.24, 2.45) is 0 Å². The van der Waals surface area contributed by atoms with Crippen LogP contribution in [0.3, 0.4) is 0 Å². The fourth-order valence-electron chi connectivity index (χ4n) is 1.42. The molecule has 1 aliphatic heterocycles. The Labute approximate surface area is 82.3 Å². The van der Waals surface area contributed by atoms with Crippen LogP contribution in [0.2, 0.25) is 0 Å². The van der Waals surface area contributed by atoms with Crippen molar-refractivity contribution >= 4 is 17.3 Å². The fraction of sp³-hybridized carbons (Fsp3) is 0.300. The maximum atomic E-state index is 11.4. The van der Waals surface area contributed by atoms with Gasteiger partial charge in [-0.3, -0.25) is 0 Å². The Hall–Kier alpha value is -1.71. The smallest absolute Gasteiger partial charge is 0.338 e. The molecule has 0 fully saturated rings. The summed E-state index contributed by atoms with van der Waals surface area (Å²) in [6, 6.07) is 5.44. The molecule has 0 unspecified atom stereocenters. The van der Waals surface area contributed by atoms with E-state index in [1.54, 1.807) is 19.1 Å². The van der Waals surface area contributed by atoms with E-state index in [0.29, 0.717) is 18.8 Å². The van der Waals surface area contributed by atoms with Crippen LogP contribution < -0.4 is 10.6 Å². The minimum Gasteiger partial charge on any atom is -0.462 e. The molecule has 0 spiro atoms. The number of esters is 1. The van der Waals surface area contributed by atoms with Gasteiger partial charge in [-0.15, -0.1) is 0 Å². The molecule has 1 aromatic carbocycles. The summed E-state index contributed by atoms with van der Waals surface area (Å²) in [7, 11) is 0. The Morgan fingerprint density at radius 1 is 1.43 bits per heavy atom. The number of fused-ring (bicyclic) bond motifs is 1. The highest BCUT2D eigenvalue weighted by Crippen LogP contribution is 2.26. The zero-order valence-electron chi connectivity index (χ0n) is 7.96. The maximum Gasteiger partial charge on any atom is 0.338 e. The van der Waals surface area contributed by atoms with E-state index in [2.05, 4.69) is 10.6 Å². The zero-order chi connectivity index (χ0) is 9.97. The van der Waals surface area contributed by atoms with Crippen LogP contribution in [0.5, 0.6) is 0 Å². The van der Waals surface area contributed by atoms with Crippen LogP contribution in [0, 0.1) is 0 Å². The molecule has 2 N–H and O–H groups in total. The molecular formula is C10H12N2O2. The lowest BCUT2D eigenvalue weighted by Crippen LogP contribution is -2.04. The highest BCUT2D eigenvalue weighted by Gasteiger charge is 2.12. The van der Waals surface area contributed by atoms with Gasteiger partial charge in [-0.2, -0.15) is 0 Å². The summed E-state index contributed by atoms with van der Waals surface area (Å²) in [5, 5.41) is 6.25. The van der Waals surface area contributed by atoms with E-state index < -0.39 is 0 Å². The molecule has 0 radical (unpaired) electrons. The molecule has 1 aromatic rings. The normalized spacial score (nSPS) is 12.6. The Morgan fingerprint density at radius 3 is 3.00 bits per heavy atom. The molecule has 0 saturated heterocycles. The topological polar surface area (TPSA) is 50.4 Å². The molecule has 14 heavy (non-hydrogen) atoms. The number of hydrogen-bond donors (Lipinski definition) is 2. The first-order valence-corrected chi connectivity index (χ1v) is 4.60. The number of nitrogens with one attached hydrogen (secondary N) is 2. The van der Waals surface area contributed by atoms with Crippen LogP contribution in [0.15, 0.2) is 18.2 Å². The van der Waals surface area contributed by atoms with Gasteiger partial charge >= 0.3 is 5.97 Å². The molecule has 0 saturated carbocycles. The first-order chi connectivity index (χ1) is 6.81. The number of hydrogen-bond acceptors (Lipinski definition) is 4. The average Bonchev–Trinajstić information content (AvgIpc) is 2.64. The van der Waals surface area contributed by atoms with Crippen LogP contribution in [0.25, 0.3) is 0 Å². The van der Waals surface area contributed by atoms with Crippen molar-refractivity contribution in [3.05, 3.63) is 23.8 Å². The van der Waals surface area contributed by atoms with E-state index in [4.69, 9.17) is 4.74 Å². The van der Waals surface area contributed by atoms with Crippen LogP contribution in [-0.2, 0) is 4.74 Å². The van der Waals surface area contributed by atoms with Gasteiger partial charge in [0.2, 0.25) is 0 Å². The van der Waals surface area contributed by atoms with Crippen LogP contribution in [-0.4, -0.2) is 19.2 Å². The van der Waals surface area contributed by atoms with E-state index >= 15 is 0 Å². The number of ether oxygens (including phenoxy) is 1. The highest BCUT2D eigenvalue weighted by molar-refractivity contribution is 5.92. The Bertz CT molecular complexity index is 363. The molecule has 0 amide bonds. The molecule has 1 aliphatic rings. The van der Waals surface area contributed by atoms with Crippen LogP contribution >= 0.6 is 0 Å². The summed E-state index contributed by atoms with van der Waals surface area (Å²) >= 11 is 0. The number of anilines is 2. The zero-order valence-corrected chi connectivity index (χ0v) is 7.96. The van der Waals surface area contributed by atoms with Gasteiger partial charge in [-0.1, -0.05) is 0 Å². The van der Waals surface area contributed by atoms with E-state index in [9.17, 15) is 4.79 Å². The predicted octanol–water partition coefficient (Wildman–Crippen LogP) is 1.66. The highest BCUT2D eigenvalue weighted by atomic mass is 16.5. The monoisotopic (exact) mass is 192 g/mol. The van der Waals surface area contributed by atoms with Gasteiger partial charge in [0.05, 0.1) is 30.2 Å². The number of carbonyl (C=O) groups is 1. The third-order valence-electron chi connectivity index (χ3n) is 2.09. The molecule has 74 valence electrons. The van der Waals surface area contributed by atoms with Gasteiger partial charge in [0.25, 0.3) is 0 Å². The molecule has 0 atom stereocenters. The molecule has 0 aromatic heterocycles. The van der Waals surface area contributed by atoms with Crippen molar-refractivity contribution in [3.8, 4) is 0 Å². The standard InChI is InChI=1S/C10H12N2O2/c1-2-14-10(13)7-3-4-8-9(5-7)12-6-11-8/h3-5,11-12H,2,6H2,1H3. The van der Waals surface area contributed by atoms with Crippen LogP contribution in [0.4, 0.5) is 11.4 Å². The second kappa shape index (κ2) is 3.57. The summed E-state index contributed by atoms with van der Waals surface area (Å²) < 4.78 is 4.90. The van der Waals surface area contributed by atoms with E-state index in [1.807, 2.05) is 6.07 Å². The van der Waals surface area contributed by atoms with Gasteiger partial charge in [0.1, 0.15) is 0 Å². The second-order valence-corrected chi connectivity index (χ2v) is 3.01. The molecule has 2 rings (SSSR count). The number of carbonyl (C=O) groups excluding carboxylic acids is 1. The molecular weight excluding hydrogens is 180 g/mol. The summed E-state index contributed by atoms with van der Waals surface area (Å²) in [6.07, 6.45) is 0. The van der Waals surface area contributed by atoms with Gasteiger partial charge in [-0.25, -0.2) is 4.79 Å². The molecule has 0 aliphatic carbocycles. The van der Waals surface area contributed by atoms with Crippen LogP contribution in [0.1, 0.15) is 17.3 Å². The van der Waals surface area contributed by atoms with E-state index in [-0.39, 0.29) is 5.97 Å². The lowest BCUT2D eigenvalue weighted by Gasteiger charge is -2.03. The van der Waals surface area contributed by atoms with Crippen molar-refractivity contribution in [2.75, 3.05) is 23.9 Å². The quantitative estimate of drug-likeness (QED) is 0.700. The summed E-state index contributed by atoms with van der Waals surface area (Å²) in [4.78, 5) is 11.4. The fourth-order valence-corrected chi connectivity index (χ4v) is 1.42. The first kappa shape index (κ1) is 8.87. The second-order valence-electron chi connectivity index (χ2n) is 3.01. The van der Waals surface area contributed by atoms with Gasteiger partial charge in [0.15, 0.2) is 0 Å². The SMILES string of the molecule is CCOC(=O)c1ccc2c(c1)NCN2. The summed E-state index contributed by atoms with van der Waals surface area (Å²) in [5.41, 5.74) is 2.57. The van der Waals surface area contributed by atoms with Crippen molar-refractivity contribution < 1.29 is 9.53 Å². The lowest BCUT2D eigenvalue weighted by molar-refractivity contribution is 0.0526. The predicted molar refractivity (Wildman–Crippen MR) is 54.5 cm³/mol. The minimum atomic E-state index is -0.274. The van der Waals surface area contributed by atoms with E-state index in [0.717, 1.165) is 11.4 Å². The van der Waals surface area contributed by atoms with Gasteiger partial charge in [0, 0.05) is 0 Å². The van der Waals surface area contributed by atoms with Crippen molar-refractivity contribution in [1.82, 2.24) is 0 Å². The van der Waals surface area contributed by atoms with Gasteiger partial charge < -0.3 is 15.4 Å². The summed E-state index contributed by atoms with van der Waals surface area (Å²) in [5.74, 6) is -0.274. The largest absolute Gasteiger partial charge is 0.462 e. The van der Waals surface area contributed by atoms with Crippen molar-refractivity contribution in [3.63, 3.8) is 0 Å². The molecule has 1 heterocycles. The molecule has 4 nitrogen and oxygen atoms in total. The van der Waals surface area contributed by atoms with E-state index in [1.165, 1.54) is 0 Å². The average molecular weight is 192 g/mol. The third-order valence-corrected chi connectivity index (χ3v) is 2.09. The Morgan fingerprint density at radius 2 is 2.21 bits per heavy atom. The first-order valence-electron chi connectivity index (χ1n) is 4.60. The molecule has 0 bridgehead atoms. The maximum absolute atomic E-state index is 11.4. The Balaban J connectivity index is 2.24. The third kappa shape index (κ3) is 1.51. The minimum absolute atomic E-state index is 0.274. The lowest BCUT2D eigenvalue weighted by atomic mass is 10.2. The molecule has 4 heteroatoms. The Kier molecular flexibility index (Phi) is 2.26.